The topological polar surface area (TPSA) is 61.4 Å². The lowest BCUT2D eigenvalue weighted by Gasteiger charge is -2.29. The molecule has 0 radical (unpaired) electrons. The van der Waals surface area contributed by atoms with Crippen LogP contribution in [-0.4, -0.2) is 29.4 Å². The van der Waals surface area contributed by atoms with Crippen LogP contribution in [0.15, 0.2) is 30.3 Å². The van der Waals surface area contributed by atoms with Gasteiger partial charge in [0, 0.05) is 12.5 Å². The number of hydrogen-bond acceptors (Lipinski definition) is 3. The first-order chi connectivity index (χ1) is 11.1. The summed E-state index contributed by atoms with van der Waals surface area (Å²) in [6, 6.07) is 8.37. The van der Waals surface area contributed by atoms with Gasteiger partial charge in [-0.15, -0.1) is 0 Å². The molecule has 1 aliphatic heterocycles. The van der Waals surface area contributed by atoms with Gasteiger partial charge in [-0.2, -0.15) is 0 Å². The van der Waals surface area contributed by atoms with Gasteiger partial charge in [0.25, 0.3) is 0 Å². The number of nitrogens with zero attached hydrogens (tertiary/aromatic N) is 1. The summed E-state index contributed by atoms with van der Waals surface area (Å²) in [6.07, 6.45) is 6.62. The highest BCUT2D eigenvalue weighted by atomic mass is 16.2. The molecule has 23 heavy (non-hydrogen) atoms. The van der Waals surface area contributed by atoms with Crippen LogP contribution in [0.5, 0.6) is 0 Å². The largest absolute Gasteiger partial charge is 0.352 e. The molecule has 1 aromatic carbocycles. The highest BCUT2D eigenvalue weighted by molar-refractivity contribution is 5.88. The lowest BCUT2D eigenvalue weighted by molar-refractivity contribution is -0.138. The minimum absolute atomic E-state index is 0.0541. The van der Waals surface area contributed by atoms with Crippen LogP contribution in [0.4, 0.5) is 0 Å². The van der Waals surface area contributed by atoms with Crippen molar-refractivity contribution in [3.63, 3.8) is 0 Å². The van der Waals surface area contributed by atoms with E-state index in [1.807, 2.05) is 37.3 Å². The highest BCUT2D eigenvalue weighted by Crippen LogP contribution is 2.19. The number of hydrogen-bond donors (Lipinski definition) is 2. The third kappa shape index (κ3) is 3.92. The Hall–Kier alpha value is -2.30. The molecule has 2 amide bonds. The summed E-state index contributed by atoms with van der Waals surface area (Å²) < 4.78 is 0. The van der Waals surface area contributed by atoms with E-state index >= 15 is 0 Å². The van der Waals surface area contributed by atoms with Gasteiger partial charge in [-0.05, 0) is 31.4 Å². The number of nitrogens with one attached hydrogen (secondary N) is 2. The van der Waals surface area contributed by atoms with E-state index in [0.29, 0.717) is 6.42 Å². The van der Waals surface area contributed by atoms with E-state index in [-0.39, 0.29) is 24.4 Å². The number of amides is 2. The zero-order valence-electron chi connectivity index (χ0n) is 13.5. The van der Waals surface area contributed by atoms with Crippen molar-refractivity contribution in [2.45, 2.75) is 45.1 Å². The minimum atomic E-state index is -0.0945. The standard InChI is InChI=1S/C18H23N3O2/c1-13-6-8-14(9-7-13)16-10-11-18(23)21(20-16)12-17(22)19-15-4-2-3-5-15/h6-10,15,20H,2-5,11-12H2,1H3,(H,19,22). The van der Waals surface area contributed by atoms with Gasteiger partial charge in [-0.3, -0.25) is 15.0 Å². The first kappa shape index (κ1) is 15.6. The Balaban J connectivity index is 1.61. The van der Waals surface area contributed by atoms with E-state index in [4.69, 9.17) is 0 Å². The van der Waals surface area contributed by atoms with Crippen LogP contribution < -0.4 is 10.7 Å². The third-order valence-electron chi connectivity index (χ3n) is 4.42. The fourth-order valence-electron chi connectivity index (χ4n) is 3.08. The van der Waals surface area contributed by atoms with Crippen LogP contribution in [0.2, 0.25) is 0 Å². The molecular formula is C18H23N3O2. The van der Waals surface area contributed by atoms with Crippen molar-refractivity contribution in [1.82, 2.24) is 15.8 Å². The molecule has 0 bridgehead atoms. The molecule has 5 heteroatoms. The zero-order chi connectivity index (χ0) is 16.2. The molecule has 0 saturated heterocycles. The monoisotopic (exact) mass is 313 g/mol. The van der Waals surface area contributed by atoms with Crippen molar-refractivity contribution < 1.29 is 9.59 Å². The van der Waals surface area contributed by atoms with Crippen molar-refractivity contribution in [2.75, 3.05) is 6.54 Å². The van der Waals surface area contributed by atoms with Gasteiger partial charge in [0.15, 0.2) is 0 Å². The second-order valence-electron chi connectivity index (χ2n) is 6.33. The fourth-order valence-corrected chi connectivity index (χ4v) is 3.08. The highest BCUT2D eigenvalue weighted by Gasteiger charge is 2.24. The van der Waals surface area contributed by atoms with E-state index in [0.717, 1.165) is 24.1 Å². The Labute approximate surface area is 136 Å². The Kier molecular flexibility index (Phi) is 4.65. The number of aryl methyl sites for hydroxylation is 1. The van der Waals surface area contributed by atoms with Crippen LogP contribution in [0.3, 0.4) is 0 Å². The van der Waals surface area contributed by atoms with Crippen molar-refractivity contribution in [3.8, 4) is 0 Å². The average molecular weight is 313 g/mol. The van der Waals surface area contributed by atoms with Crippen molar-refractivity contribution in [2.24, 2.45) is 0 Å². The van der Waals surface area contributed by atoms with E-state index in [9.17, 15) is 9.59 Å². The quantitative estimate of drug-likeness (QED) is 0.895. The summed E-state index contributed by atoms with van der Waals surface area (Å²) in [5.74, 6) is -0.176. The predicted octanol–water partition coefficient (Wildman–Crippen LogP) is 2.13. The van der Waals surface area contributed by atoms with Gasteiger partial charge in [0.1, 0.15) is 6.54 Å². The summed E-state index contributed by atoms with van der Waals surface area (Å²) in [6.45, 7) is 2.09. The van der Waals surface area contributed by atoms with Crippen LogP contribution in [0.1, 0.15) is 43.2 Å². The SMILES string of the molecule is Cc1ccc(C2=CCC(=O)N(CC(=O)NC3CCCC3)N2)cc1. The molecule has 2 N–H and O–H groups in total. The molecule has 5 nitrogen and oxygen atoms in total. The number of carbonyl (C=O) groups excluding carboxylic acids is 2. The molecule has 0 aromatic heterocycles. The summed E-state index contributed by atoms with van der Waals surface area (Å²) in [5.41, 5.74) is 6.16. The van der Waals surface area contributed by atoms with Gasteiger partial charge in [-0.1, -0.05) is 42.7 Å². The molecule has 1 saturated carbocycles. The lowest BCUT2D eigenvalue weighted by atomic mass is 10.1. The molecular weight excluding hydrogens is 290 g/mol. The summed E-state index contributed by atoms with van der Waals surface area (Å²) in [4.78, 5) is 24.2. The predicted molar refractivity (Wildman–Crippen MR) is 89.0 cm³/mol. The molecule has 1 heterocycles. The normalized spacial score (nSPS) is 18.6. The van der Waals surface area contributed by atoms with E-state index in [1.54, 1.807) is 0 Å². The van der Waals surface area contributed by atoms with Crippen molar-refractivity contribution in [3.05, 3.63) is 41.5 Å². The number of carbonyl (C=O) groups is 2. The smallest absolute Gasteiger partial charge is 0.245 e. The maximum atomic E-state index is 12.1. The Bertz CT molecular complexity index is 616. The van der Waals surface area contributed by atoms with E-state index in [1.165, 1.54) is 23.4 Å². The second-order valence-corrected chi connectivity index (χ2v) is 6.33. The molecule has 2 aliphatic rings. The number of rotatable bonds is 4. The van der Waals surface area contributed by atoms with Crippen molar-refractivity contribution in [1.29, 1.82) is 0 Å². The Morgan fingerprint density at radius 3 is 2.65 bits per heavy atom. The molecule has 1 aromatic rings. The Morgan fingerprint density at radius 1 is 1.26 bits per heavy atom. The Morgan fingerprint density at radius 2 is 1.96 bits per heavy atom. The molecule has 1 fully saturated rings. The summed E-state index contributed by atoms with van der Waals surface area (Å²) >= 11 is 0. The first-order valence-electron chi connectivity index (χ1n) is 8.25. The van der Waals surface area contributed by atoms with Gasteiger partial charge in [-0.25, -0.2) is 5.01 Å². The van der Waals surface area contributed by atoms with Crippen LogP contribution in [-0.2, 0) is 9.59 Å². The van der Waals surface area contributed by atoms with Crippen LogP contribution >= 0.6 is 0 Å². The molecule has 0 unspecified atom stereocenters. The maximum Gasteiger partial charge on any atom is 0.245 e. The zero-order valence-corrected chi connectivity index (χ0v) is 13.5. The fraction of sp³-hybridized carbons (Fsp3) is 0.444. The molecule has 1 aliphatic carbocycles. The third-order valence-corrected chi connectivity index (χ3v) is 4.42. The summed E-state index contributed by atoms with van der Waals surface area (Å²) in [7, 11) is 0. The molecule has 0 spiro atoms. The van der Waals surface area contributed by atoms with Crippen molar-refractivity contribution >= 4 is 17.5 Å². The maximum absolute atomic E-state index is 12.1. The molecule has 0 atom stereocenters. The average Bonchev–Trinajstić information content (AvgIpc) is 3.03. The van der Waals surface area contributed by atoms with E-state index in [2.05, 4.69) is 10.7 Å². The molecule has 3 rings (SSSR count). The number of hydrazine groups is 1. The van der Waals surface area contributed by atoms with Crippen LogP contribution in [0.25, 0.3) is 5.70 Å². The second kappa shape index (κ2) is 6.86. The van der Waals surface area contributed by atoms with Gasteiger partial charge in [0.05, 0.1) is 5.70 Å². The van der Waals surface area contributed by atoms with Gasteiger partial charge >= 0.3 is 0 Å². The molecule has 122 valence electrons. The minimum Gasteiger partial charge on any atom is -0.352 e. The number of benzene rings is 1. The van der Waals surface area contributed by atoms with E-state index < -0.39 is 0 Å². The van der Waals surface area contributed by atoms with Gasteiger partial charge < -0.3 is 5.32 Å². The summed E-state index contributed by atoms with van der Waals surface area (Å²) in [5, 5.41) is 4.43. The van der Waals surface area contributed by atoms with Gasteiger partial charge in [0.2, 0.25) is 11.8 Å². The van der Waals surface area contributed by atoms with Crippen LogP contribution in [0, 0.1) is 6.92 Å². The first-order valence-corrected chi connectivity index (χ1v) is 8.25. The lowest BCUT2D eigenvalue weighted by Crippen LogP contribution is -2.50.